The molecule has 1 aromatic carbocycles. The van der Waals surface area contributed by atoms with Gasteiger partial charge in [-0.2, -0.15) is 0 Å². The molecule has 1 aliphatic heterocycles. The lowest BCUT2D eigenvalue weighted by Gasteiger charge is -2.53. The fraction of sp³-hybridized carbons (Fsp3) is 0.591. The molecule has 1 saturated carbocycles. The molecule has 1 fully saturated rings. The van der Waals surface area contributed by atoms with Gasteiger partial charge in [-0.15, -0.1) is 0 Å². The number of nitrogens with one attached hydrogen (secondary N) is 1. The van der Waals surface area contributed by atoms with Crippen LogP contribution in [0.4, 0.5) is 0 Å². The van der Waals surface area contributed by atoms with Gasteiger partial charge in [-0.1, -0.05) is 37.5 Å². The van der Waals surface area contributed by atoms with Gasteiger partial charge in [-0.3, -0.25) is 14.4 Å². The summed E-state index contributed by atoms with van der Waals surface area (Å²) in [4.78, 5) is 40.1. The number of benzene rings is 1. The summed E-state index contributed by atoms with van der Waals surface area (Å²) >= 11 is 0. The first-order chi connectivity index (χ1) is 14.0. The quantitative estimate of drug-likeness (QED) is 0.707. The summed E-state index contributed by atoms with van der Waals surface area (Å²) in [6.45, 7) is 1.09. The van der Waals surface area contributed by atoms with Gasteiger partial charge in [0.25, 0.3) is 5.91 Å². The van der Waals surface area contributed by atoms with Crippen molar-refractivity contribution in [3.8, 4) is 0 Å². The molecule has 2 amide bonds. The standard InChI is InChI=1S/C22H30N2O5/c1-28-15-14-24-21(27)17-9-5-4-8-16(17)19(22(24)11-6-3-7-12-22)20(26)23-13-10-18(25)29-2/h4-5,8-9,19H,3,6-7,10-15H2,1-2H3,(H,23,26)/t19-/m0/s1. The van der Waals surface area contributed by atoms with Gasteiger partial charge in [0.05, 0.1) is 31.6 Å². The highest BCUT2D eigenvalue weighted by atomic mass is 16.5. The van der Waals surface area contributed by atoms with Crippen LogP contribution < -0.4 is 5.32 Å². The van der Waals surface area contributed by atoms with E-state index < -0.39 is 11.5 Å². The molecule has 0 radical (unpaired) electrons. The summed E-state index contributed by atoms with van der Waals surface area (Å²) in [7, 11) is 2.95. The van der Waals surface area contributed by atoms with Crippen molar-refractivity contribution >= 4 is 17.8 Å². The van der Waals surface area contributed by atoms with Gasteiger partial charge in [-0.25, -0.2) is 0 Å². The molecular formula is C22H30N2O5. The number of fused-ring (bicyclic) bond motifs is 1. The molecule has 1 spiro atoms. The second-order valence-corrected chi connectivity index (χ2v) is 7.75. The Morgan fingerprint density at radius 2 is 1.90 bits per heavy atom. The Kier molecular flexibility index (Phi) is 6.90. The van der Waals surface area contributed by atoms with Crippen molar-refractivity contribution in [1.29, 1.82) is 0 Å². The summed E-state index contributed by atoms with van der Waals surface area (Å²) in [5.74, 6) is -0.999. The van der Waals surface area contributed by atoms with E-state index in [1.165, 1.54) is 7.11 Å². The normalized spacial score (nSPS) is 20.3. The summed E-state index contributed by atoms with van der Waals surface area (Å²) < 4.78 is 9.93. The summed E-state index contributed by atoms with van der Waals surface area (Å²) in [5.41, 5.74) is 0.800. The lowest BCUT2D eigenvalue weighted by molar-refractivity contribution is -0.140. The van der Waals surface area contributed by atoms with Gasteiger partial charge >= 0.3 is 5.97 Å². The third-order valence-electron chi connectivity index (χ3n) is 6.18. The van der Waals surface area contributed by atoms with E-state index in [0.717, 1.165) is 37.7 Å². The average molecular weight is 402 g/mol. The molecule has 158 valence electrons. The first-order valence-electron chi connectivity index (χ1n) is 10.3. The second kappa shape index (κ2) is 9.39. The van der Waals surface area contributed by atoms with Gasteiger partial charge in [0, 0.05) is 25.8 Å². The van der Waals surface area contributed by atoms with Gasteiger partial charge in [-0.05, 0) is 24.5 Å². The maximum absolute atomic E-state index is 13.4. The SMILES string of the molecule is COCCN1C(=O)c2ccccc2[C@@H](C(=O)NCCC(=O)OC)C12CCCCC2. The monoisotopic (exact) mass is 402 g/mol. The van der Waals surface area contributed by atoms with Gasteiger partial charge in [0.2, 0.25) is 5.91 Å². The third-order valence-corrected chi connectivity index (χ3v) is 6.18. The fourth-order valence-electron chi connectivity index (χ4n) is 4.84. The lowest BCUT2D eigenvalue weighted by atomic mass is 9.65. The largest absolute Gasteiger partial charge is 0.469 e. The van der Waals surface area contributed by atoms with Crippen LogP contribution in [0.25, 0.3) is 0 Å². The molecule has 0 bridgehead atoms. The zero-order valence-electron chi connectivity index (χ0n) is 17.2. The lowest BCUT2D eigenvalue weighted by Crippen LogP contribution is -2.63. The number of carbonyl (C=O) groups excluding carboxylic acids is 3. The van der Waals surface area contributed by atoms with Crippen molar-refractivity contribution in [2.45, 2.75) is 50.0 Å². The highest BCUT2D eigenvalue weighted by molar-refractivity contribution is 6.02. The van der Waals surface area contributed by atoms with Crippen molar-refractivity contribution in [2.75, 3.05) is 33.9 Å². The number of rotatable bonds is 7. The highest BCUT2D eigenvalue weighted by Crippen LogP contribution is 2.49. The van der Waals surface area contributed by atoms with Crippen molar-refractivity contribution in [1.82, 2.24) is 10.2 Å². The molecule has 7 nitrogen and oxygen atoms in total. The van der Waals surface area contributed by atoms with E-state index in [0.29, 0.717) is 18.7 Å². The van der Waals surface area contributed by atoms with Crippen LogP contribution in [0.1, 0.15) is 60.4 Å². The highest BCUT2D eigenvalue weighted by Gasteiger charge is 2.54. The minimum atomic E-state index is -0.558. The maximum Gasteiger partial charge on any atom is 0.307 e. The molecule has 1 aliphatic carbocycles. The number of hydrogen-bond acceptors (Lipinski definition) is 5. The van der Waals surface area contributed by atoms with Crippen molar-refractivity contribution in [3.05, 3.63) is 35.4 Å². The van der Waals surface area contributed by atoms with E-state index in [1.807, 2.05) is 23.1 Å². The van der Waals surface area contributed by atoms with E-state index in [-0.39, 0.29) is 30.7 Å². The molecule has 1 atom stereocenters. The summed E-state index contributed by atoms with van der Waals surface area (Å²) in [6.07, 6.45) is 4.75. The number of hydrogen-bond donors (Lipinski definition) is 1. The number of esters is 1. The third kappa shape index (κ3) is 4.15. The van der Waals surface area contributed by atoms with E-state index >= 15 is 0 Å². The van der Waals surface area contributed by atoms with Crippen LogP contribution in [0.5, 0.6) is 0 Å². The molecule has 29 heavy (non-hydrogen) atoms. The molecule has 7 heteroatoms. The molecule has 1 heterocycles. The van der Waals surface area contributed by atoms with Crippen LogP contribution in [0.2, 0.25) is 0 Å². The molecule has 0 aromatic heterocycles. The molecule has 2 aliphatic rings. The Bertz CT molecular complexity index is 757. The average Bonchev–Trinajstić information content (AvgIpc) is 2.74. The van der Waals surface area contributed by atoms with Crippen LogP contribution >= 0.6 is 0 Å². The molecule has 0 unspecified atom stereocenters. The van der Waals surface area contributed by atoms with Crippen LogP contribution in [0.15, 0.2) is 24.3 Å². The van der Waals surface area contributed by atoms with Crippen molar-refractivity contribution in [2.24, 2.45) is 0 Å². The maximum atomic E-state index is 13.4. The first kappa shape index (κ1) is 21.3. The predicted molar refractivity (Wildman–Crippen MR) is 108 cm³/mol. The first-order valence-corrected chi connectivity index (χ1v) is 10.3. The fourth-order valence-corrected chi connectivity index (χ4v) is 4.84. The number of nitrogens with zero attached hydrogens (tertiary/aromatic N) is 1. The molecule has 0 saturated heterocycles. The van der Waals surface area contributed by atoms with E-state index in [4.69, 9.17) is 4.74 Å². The molecule has 1 N–H and O–H groups in total. The van der Waals surface area contributed by atoms with E-state index in [1.54, 1.807) is 13.2 Å². The van der Waals surface area contributed by atoms with Gasteiger partial charge in [0.1, 0.15) is 0 Å². The van der Waals surface area contributed by atoms with E-state index in [2.05, 4.69) is 10.1 Å². The Hall–Kier alpha value is -2.41. The Balaban J connectivity index is 1.98. The van der Waals surface area contributed by atoms with Crippen LogP contribution in [0, 0.1) is 0 Å². The van der Waals surface area contributed by atoms with Crippen LogP contribution in [-0.2, 0) is 19.1 Å². The Morgan fingerprint density at radius 1 is 1.17 bits per heavy atom. The zero-order chi connectivity index (χ0) is 20.9. The number of ether oxygens (including phenoxy) is 2. The van der Waals surface area contributed by atoms with Crippen molar-refractivity contribution < 1.29 is 23.9 Å². The number of amides is 2. The minimum absolute atomic E-state index is 0.0295. The number of carbonyl (C=O) groups is 3. The van der Waals surface area contributed by atoms with Gasteiger partial charge < -0.3 is 19.7 Å². The number of methoxy groups -OCH3 is 2. The van der Waals surface area contributed by atoms with Crippen LogP contribution in [0.3, 0.4) is 0 Å². The molecule has 1 aromatic rings. The van der Waals surface area contributed by atoms with Crippen LogP contribution in [-0.4, -0.2) is 62.1 Å². The van der Waals surface area contributed by atoms with Crippen molar-refractivity contribution in [3.63, 3.8) is 0 Å². The van der Waals surface area contributed by atoms with Gasteiger partial charge in [0.15, 0.2) is 0 Å². The minimum Gasteiger partial charge on any atom is -0.469 e. The molecular weight excluding hydrogens is 372 g/mol. The Labute approximate surface area is 171 Å². The zero-order valence-corrected chi connectivity index (χ0v) is 17.2. The summed E-state index contributed by atoms with van der Waals surface area (Å²) in [6, 6.07) is 7.39. The smallest absolute Gasteiger partial charge is 0.307 e. The second-order valence-electron chi connectivity index (χ2n) is 7.75. The van der Waals surface area contributed by atoms with E-state index in [9.17, 15) is 14.4 Å². The Morgan fingerprint density at radius 3 is 2.59 bits per heavy atom. The molecule has 3 rings (SSSR count). The summed E-state index contributed by atoms with van der Waals surface area (Å²) in [5, 5.41) is 2.91. The predicted octanol–water partition coefficient (Wildman–Crippen LogP) is 2.25. The topological polar surface area (TPSA) is 84.9 Å².